The summed E-state index contributed by atoms with van der Waals surface area (Å²) in [7, 11) is -3.81. The molecule has 0 aliphatic carbocycles. The molecule has 1 saturated heterocycles. The van der Waals surface area contributed by atoms with Gasteiger partial charge in [-0.1, -0.05) is 26.0 Å². The summed E-state index contributed by atoms with van der Waals surface area (Å²) in [4.78, 5) is 26.5. The third-order valence-corrected chi connectivity index (χ3v) is 7.17. The predicted molar refractivity (Wildman–Crippen MR) is 132 cm³/mol. The van der Waals surface area contributed by atoms with E-state index in [0.717, 1.165) is 19.5 Å². The Balaban J connectivity index is 1.60. The van der Waals surface area contributed by atoms with E-state index in [-0.39, 0.29) is 22.6 Å². The summed E-state index contributed by atoms with van der Waals surface area (Å²) in [6.45, 7) is 9.45. The van der Waals surface area contributed by atoms with Crippen LogP contribution in [0.25, 0.3) is 0 Å². The van der Waals surface area contributed by atoms with Crippen LogP contribution >= 0.6 is 0 Å². The fraction of sp³-hybridized carbons (Fsp3) is 0.440. The molecule has 1 fully saturated rings. The highest BCUT2D eigenvalue weighted by Gasteiger charge is 2.23. The number of ether oxygens (including phenoxy) is 1. The second kappa shape index (κ2) is 11.6. The van der Waals surface area contributed by atoms with Crippen molar-refractivity contribution in [3.63, 3.8) is 0 Å². The van der Waals surface area contributed by atoms with E-state index in [1.165, 1.54) is 31.2 Å². The zero-order valence-corrected chi connectivity index (χ0v) is 20.7. The topological polar surface area (TPSA) is 105 Å². The van der Waals surface area contributed by atoms with Gasteiger partial charge in [-0.05, 0) is 55.7 Å². The van der Waals surface area contributed by atoms with E-state index in [1.54, 1.807) is 24.3 Å². The van der Waals surface area contributed by atoms with Crippen molar-refractivity contribution in [3.05, 3.63) is 59.7 Å². The van der Waals surface area contributed by atoms with Gasteiger partial charge >= 0.3 is 0 Å². The van der Waals surface area contributed by atoms with Crippen LogP contribution in [-0.4, -0.2) is 63.9 Å². The molecule has 8 nitrogen and oxygen atoms in total. The highest BCUT2D eigenvalue weighted by atomic mass is 32.2. The summed E-state index contributed by atoms with van der Waals surface area (Å²) in [6.07, 6.45) is 0.981. The van der Waals surface area contributed by atoms with E-state index in [9.17, 15) is 18.0 Å². The number of nitrogens with one attached hydrogen (secondary N) is 2. The molecular formula is C25H33N3O5S. The average molecular weight is 488 g/mol. The lowest BCUT2D eigenvalue weighted by Gasteiger charge is -2.35. The van der Waals surface area contributed by atoms with Gasteiger partial charge in [0.1, 0.15) is 0 Å². The van der Waals surface area contributed by atoms with Gasteiger partial charge in [0.05, 0.1) is 18.1 Å². The molecule has 2 aromatic rings. The monoisotopic (exact) mass is 487 g/mol. The van der Waals surface area contributed by atoms with Gasteiger partial charge in [-0.25, -0.2) is 8.42 Å². The maximum atomic E-state index is 12.7. The minimum atomic E-state index is -3.81. The first-order valence-electron chi connectivity index (χ1n) is 11.5. The second-order valence-electron chi connectivity index (χ2n) is 8.91. The minimum absolute atomic E-state index is 0.0543. The Hall–Kier alpha value is -2.75. The van der Waals surface area contributed by atoms with Gasteiger partial charge in [-0.2, -0.15) is 0 Å². The largest absolute Gasteiger partial charge is 0.379 e. The average Bonchev–Trinajstić information content (AvgIpc) is 2.82. The van der Waals surface area contributed by atoms with Crippen LogP contribution in [0, 0.1) is 5.92 Å². The van der Waals surface area contributed by atoms with Gasteiger partial charge in [0.25, 0.3) is 15.9 Å². The molecule has 2 aromatic carbocycles. The summed E-state index contributed by atoms with van der Waals surface area (Å²) >= 11 is 0. The van der Waals surface area contributed by atoms with Crippen LogP contribution in [-0.2, 0) is 14.8 Å². The number of benzene rings is 2. The van der Waals surface area contributed by atoms with Crippen molar-refractivity contribution in [2.45, 2.75) is 38.1 Å². The number of hydrogen-bond donors (Lipinski definition) is 2. The van der Waals surface area contributed by atoms with Crippen molar-refractivity contribution in [1.29, 1.82) is 0 Å². The molecule has 9 heteroatoms. The van der Waals surface area contributed by atoms with Crippen molar-refractivity contribution in [3.8, 4) is 0 Å². The Morgan fingerprint density at radius 1 is 0.971 bits per heavy atom. The van der Waals surface area contributed by atoms with Crippen LogP contribution in [0.1, 0.15) is 47.9 Å². The summed E-state index contributed by atoms with van der Waals surface area (Å²) < 4.78 is 33.2. The highest BCUT2D eigenvalue weighted by Crippen LogP contribution is 2.18. The maximum absolute atomic E-state index is 12.7. The molecule has 0 saturated carbocycles. The minimum Gasteiger partial charge on any atom is -0.379 e. The number of morpholine rings is 1. The molecule has 34 heavy (non-hydrogen) atoms. The smallest absolute Gasteiger partial charge is 0.261 e. The Morgan fingerprint density at radius 3 is 2.12 bits per heavy atom. The molecule has 1 amide bonds. The van der Waals surface area contributed by atoms with Crippen LogP contribution in [0.2, 0.25) is 0 Å². The maximum Gasteiger partial charge on any atom is 0.261 e. The number of nitrogens with zero attached hydrogens (tertiary/aromatic N) is 1. The summed E-state index contributed by atoms with van der Waals surface area (Å²) in [5, 5.41) is 3.02. The van der Waals surface area contributed by atoms with E-state index in [0.29, 0.717) is 42.5 Å². The van der Waals surface area contributed by atoms with Gasteiger partial charge in [0, 0.05) is 42.5 Å². The molecule has 1 heterocycles. The number of rotatable bonds is 10. The molecule has 0 spiro atoms. The van der Waals surface area contributed by atoms with E-state index >= 15 is 0 Å². The van der Waals surface area contributed by atoms with Crippen LogP contribution < -0.4 is 10.0 Å². The Labute approximate surface area is 201 Å². The molecule has 2 N–H and O–H groups in total. The number of sulfonamides is 1. The lowest BCUT2D eigenvalue weighted by Crippen LogP contribution is -2.49. The quantitative estimate of drug-likeness (QED) is 0.499. The van der Waals surface area contributed by atoms with Crippen LogP contribution in [0.5, 0.6) is 0 Å². The third-order valence-electron chi connectivity index (χ3n) is 5.77. The van der Waals surface area contributed by atoms with Crippen molar-refractivity contribution in [2.24, 2.45) is 5.92 Å². The summed E-state index contributed by atoms with van der Waals surface area (Å²) in [5.41, 5.74) is 1.25. The molecule has 0 radical (unpaired) electrons. The Morgan fingerprint density at radius 2 is 1.56 bits per heavy atom. The number of carbonyl (C=O) groups is 2. The first kappa shape index (κ1) is 25.9. The number of hydrogen-bond acceptors (Lipinski definition) is 6. The fourth-order valence-corrected chi connectivity index (χ4v) is 4.99. The number of Topliss-reactive ketones (excluding diaryl/α,β-unsaturated/α-hetero) is 1. The number of anilines is 1. The van der Waals surface area contributed by atoms with Crippen LogP contribution in [0.4, 0.5) is 5.69 Å². The van der Waals surface area contributed by atoms with Crippen molar-refractivity contribution >= 4 is 27.4 Å². The van der Waals surface area contributed by atoms with Crippen molar-refractivity contribution in [2.75, 3.05) is 37.6 Å². The SMILES string of the molecule is CC(=O)c1ccc(S(=O)(=O)Nc2ccc(C(=O)NCC(CC(C)C)N3CCOCC3)cc2)cc1. The third kappa shape index (κ3) is 7.12. The zero-order valence-electron chi connectivity index (χ0n) is 19.9. The number of amides is 1. The predicted octanol–water partition coefficient (Wildman–Crippen LogP) is 3.17. The lowest BCUT2D eigenvalue weighted by atomic mass is 10.0. The number of ketones is 1. The molecule has 1 aliphatic heterocycles. The molecule has 1 unspecified atom stereocenters. The van der Waals surface area contributed by atoms with Gasteiger partial charge in [0.2, 0.25) is 0 Å². The lowest BCUT2D eigenvalue weighted by molar-refractivity contribution is 0.0124. The van der Waals surface area contributed by atoms with E-state index in [1.807, 2.05) is 0 Å². The van der Waals surface area contributed by atoms with Crippen molar-refractivity contribution in [1.82, 2.24) is 10.2 Å². The molecule has 1 aliphatic rings. The van der Waals surface area contributed by atoms with Crippen LogP contribution in [0.15, 0.2) is 53.4 Å². The van der Waals surface area contributed by atoms with Gasteiger partial charge in [0.15, 0.2) is 5.78 Å². The summed E-state index contributed by atoms with van der Waals surface area (Å²) in [5.74, 6) is 0.179. The summed E-state index contributed by atoms with van der Waals surface area (Å²) in [6, 6.07) is 12.3. The normalized spacial score (nSPS) is 15.6. The second-order valence-corrected chi connectivity index (χ2v) is 10.6. The standard InChI is InChI=1S/C25H33N3O5S/c1-18(2)16-23(28-12-14-33-15-13-28)17-26-25(30)21-4-8-22(9-5-21)27-34(31,32)24-10-6-20(7-11-24)19(3)29/h4-11,18,23,27H,12-17H2,1-3H3,(H,26,30). The molecule has 0 bridgehead atoms. The van der Waals surface area contributed by atoms with E-state index in [4.69, 9.17) is 4.74 Å². The van der Waals surface area contributed by atoms with Gasteiger partial charge in [-0.15, -0.1) is 0 Å². The Bertz CT molecular complexity index is 1080. The number of carbonyl (C=O) groups excluding carboxylic acids is 2. The molecule has 3 rings (SSSR count). The molecular weight excluding hydrogens is 454 g/mol. The van der Waals surface area contributed by atoms with Crippen molar-refractivity contribution < 1.29 is 22.7 Å². The van der Waals surface area contributed by atoms with E-state index < -0.39 is 10.0 Å². The zero-order chi connectivity index (χ0) is 24.7. The highest BCUT2D eigenvalue weighted by molar-refractivity contribution is 7.92. The van der Waals surface area contributed by atoms with Gasteiger partial charge in [-0.3, -0.25) is 19.2 Å². The molecule has 1 atom stereocenters. The molecule has 184 valence electrons. The first-order chi connectivity index (χ1) is 16.2. The Kier molecular flexibility index (Phi) is 8.82. The van der Waals surface area contributed by atoms with Crippen LogP contribution in [0.3, 0.4) is 0 Å². The first-order valence-corrected chi connectivity index (χ1v) is 13.0. The molecule has 0 aromatic heterocycles. The van der Waals surface area contributed by atoms with Gasteiger partial charge < -0.3 is 10.1 Å². The van der Waals surface area contributed by atoms with E-state index in [2.05, 4.69) is 28.8 Å². The fourth-order valence-electron chi connectivity index (χ4n) is 3.93.